The highest BCUT2D eigenvalue weighted by Crippen LogP contribution is 1.86. The topological polar surface area (TPSA) is 43.1 Å². The van der Waals surface area contributed by atoms with Gasteiger partial charge < -0.3 is 5.73 Å². The number of carbonyl (C=O) groups is 1. The Morgan fingerprint density at radius 2 is 1.67 bits per heavy atom. The van der Waals surface area contributed by atoms with E-state index < -0.39 is 0 Å². The fourth-order valence-corrected chi connectivity index (χ4v) is 0. The predicted octanol–water partition coefficient (Wildman–Crippen LogP) is 0.915. The number of carbonyl (C=O) groups excluding carboxylic acids is 1. The molecule has 0 unspecified atom stereocenters. The van der Waals surface area contributed by atoms with Gasteiger partial charge in [-0.3, -0.25) is 4.79 Å². The first kappa shape index (κ1) is 10.0. The van der Waals surface area contributed by atoms with Crippen LogP contribution in [0.3, 0.4) is 0 Å². The van der Waals surface area contributed by atoms with Crippen LogP contribution in [0.25, 0.3) is 0 Å². The van der Waals surface area contributed by atoms with Crippen molar-refractivity contribution in [3.05, 3.63) is 0 Å². The van der Waals surface area contributed by atoms with Crippen molar-refractivity contribution < 1.29 is 4.79 Å². The van der Waals surface area contributed by atoms with Crippen molar-refractivity contribution in [3.63, 3.8) is 0 Å². The van der Waals surface area contributed by atoms with E-state index in [1.807, 2.05) is 0 Å². The SMILES string of the molecule is ICI.NC=O. The summed E-state index contributed by atoms with van der Waals surface area (Å²) in [5, 5.41) is 0. The van der Waals surface area contributed by atoms with Gasteiger partial charge in [0, 0.05) is 0 Å². The van der Waals surface area contributed by atoms with E-state index >= 15 is 0 Å². The number of amides is 1. The molecule has 0 radical (unpaired) electrons. The van der Waals surface area contributed by atoms with E-state index in [9.17, 15) is 0 Å². The molecule has 0 aliphatic carbocycles. The zero-order chi connectivity index (χ0) is 5.41. The molecule has 2 N–H and O–H groups in total. The lowest BCUT2D eigenvalue weighted by molar-refractivity contribution is -0.106. The Morgan fingerprint density at radius 3 is 1.67 bits per heavy atom. The van der Waals surface area contributed by atoms with E-state index in [0.29, 0.717) is 0 Å². The fraction of sp³-hybridized carbons (Fsp3) is 0.500. The lowest BCUT2D eigenvalue weighted by Gasteiger charge is -1.43. The number of hydrogen-bond donors (Lipinski definition) is 1. The van der Waals surface area contributed by atoms with Crippen LogP contribution in [-0.4, -0.2) is 8.84 Å². The van der Waals surface area contributed by atoms with Crippen molar-refractivity contribution in [1.82, 2.24) is 0 Å². The summed E-state index contributed by atoms with van der Waals surface area (Å²) in [6.07, 6.45) is 0.250. The summed E-state index contributed by atoms with van der Waals surface area (Å²) < 4.78 is 1.19. The van der Waals surface area contributed by atoms with E-state index in [0.717, 1.165) is 0 Å². The molecule has 0 bridgehead atoms. The molecule has 0 aliphatic heterocycles. The molecular weight excluding hydrogens is 308 g/mol. The minimum Gasteiger partial charge on any atom is -0.372 e. The van der Waals surface area contributed by atoms with Gasteiger partial charge in [0.1, 0.15) is 0 Å². The summed E-state index contributed by atoms with van der Waals surface area (Å²) in [5.74, 6) is 0. The first-order valence-electron chi connectivity index (χ1n) is 1.10. The zero-order valence-corrected chi connectivity index (χ0v) is 7.34. The van der Waals surface area contributed by atoms with Gasteiger partial charge in [0.2, 0.25) is 6.41 Å². The number of alkyl halides is 2. The van der Waals surface area contributed by atoms with Crippen LogP contribution in [0.2, 0.25) is 0 Å². The Balaban J connectivity index is 0. The molecule has 0 saturated carbocycles. The smallest absolute Gasteiger partial charge is 0.204 e. The Hall–Kier alpha value is 0.930. The van der Waals surface area contributed by atoms with E-state index in [1.54, 1.807) is 0 Å². The van der Waals surface area contributed by atoms with Gasteiger partial charge in [-0.15, -0.1) is 0 Å². The van der Waals surface area contributed by atoms with Crippen molar-refractivity contribution in [3.8, 4) is 0 Å². The van der Waals surface area contributed by atoms with Crippen molar-refractivity contribution in [2.75, 3.05) is 2.43 Å². The summed E-state index contributed by atoms with van der Waals surface area (Å²) in [5.41, 5.74) is 4.17. The molecular formula is C2H5I2NO. The Bertz CT molecular complexity index is 25.5. The highest BCUT2D eigenvalue weighted by atomic mass is 127. The van der Waals surface area contributed by atoms with E-state index in [-0.39, 0.29) is 6.41 Å². The molecule has 2 nitrogen and oxygen atoms in total. The molecule has 0 aliphatic rings. The monoisotopic (exact) mass is 313 g/mol. The van der Waals surface area contributed by atoms with Gasteiger partial charge in [0.15, 0.2) is 0 Å². The summed E-state index contributed by atoms with van der Waals surface area (Å²) >= 11 is 4.55. The van der Waals surface area contributed by atoms with Gasteiger partial charge in [-0.2, -0.15) is 0 Å². The molecule has 1 amide bonds. The zero-order valence-electron chi connectivity index (χ0n) is 3.03. The van der Waals surface area contributed by atoms with Gasteiger partial charge in [-0.1, -0.05) is 45.2 Å². The number of primary amides is 1. The molecule has 0 saturated heterocycles. The van der Waals surface area contributed by atoms with Gasteiger partial charge in [-0.05, 0) is 0 Å². The van der Waals surface area contributed by atoms with Crippen LogP contribution in [0, 0.1) is 0 Å². The maximum Gasteiger partial charge on any atom is 0.204 e. The lowest BCUT2D eigenvalue weighted by Crippen LogP contribution is -1.82. The highest BCUT2D eigenvalue weighted by molar-refractivity contribution is 14.2. The van der Waals surface area contributed by atoms with Crippen LogP contribution in [0.15, 0.2) is 0 Å². The van der Waals surface area contributed by atoms with Crippen LogP contribution in [0.5, 0.6) is 0 Å². The molecule has 0 fully saturated rings. The molecule has 0 aromatic rings. The van der Waals surface area contributed by atoms with Crippen LogP contribution in [-0.2, 0) is 4.79 Å². The number of hydrogen-bond acceptors (Lipinski definition) is 1. The molecule has 0 spiro atoms. The summed E-state index contributed by atoms with van der Waals surface area (Å²) in [7, 11) is 0. The van der Waals surface area contributed by atoms with E-state index in [2.05, 4.69) is 50.9 Å². The Kier molecular flexibility index (Phi) is 28.1. The number of halogens is 2. The van der Waals surface area contributed by atoms with Gasteiger partial charge in [-0.25, -0.2) is 0 Å². The molecule has 0 heterocycles. The highest BCUT2D eigenvalue weighted by Gasteiger charge is 1.40. The van der Waals surface area contributed by atoms with Crippen LogP contribution >= 0.6 is 45.2 Å². The second-order valence-corrected chi connectivity index (χ2v) is 4.68. The normalized spacial score (nSPS) is 5.00. The van der Waals surface area contributed by atoms with Crippen molar-refractivity contribution >= 4 is 51.6 Å². The van der Waals surface area contributed by atoms with Crippen molar-refractivity contribution in [2.24, 2.45) is 5.73 Å². The quantitative estimate of drug-likeness (QED) is 0.403. The average Bonchev–Trinajstić information content (AvgIpc) is 1.39. The summed E-state index contributed by atoms with van der Waals surface area (Å²) in [4.78, 5) is 8.58. The third-order valence-corrected chi connectivity index (χ3v) is 0. The molecule has 0 aromatic heterocycles. The minimum atomic E-state index is 0.250. The molecule has 38 valence electrons. The molecule has 4 heteroatoms. The third-order valence-electron chi connectivity index (χ3n) is 0. The molecule has 0 atom stereocenters. The van der Waals surface area contributed by atoms with Gasteiger partial charge >= 0.3 is 0 Å². The lowest BCUT2D eigenvalue weighted by atomic mass is 11.5. The number of rotatable bonds is 0. The maximum atomic E-state index is 8.58. The Morgan fingerprint density at radius 1 is 1.67 bits per heavy atom. The first-order valence-corrected chi connectivity index (χ1v) is 4.15. The fourth-order valence-electron chi connectivity index (χ4n) is 0. The number of nitrogens with two attached hydrogens (primary N) is 1. The first-order chi connectivity index (χ1) is 2.83. The van der Waals surface area contributed by atoms with Crippen molar-refractivity contribution in [2.45, 2.75) is 0 Å². The second kappa shape index (κ2) is 16.8. The maximum absolute atomic E-state index is 8.58. The second-order valence-electron chi connectivity index (χ2n) is 0.237. The average molecular weight is 313 g/mol. The third kappa shape index (κ3) is 88.0. The minimum absolute atomic E-state index is 0.250. The summed E-state index contributed by atoms with van der Waals surface area (Å²) in [6, 6.07) is 0. The largest absolute Gasteiger partial charge is 0.372 e. The van der Waals surface area contributed by atoms with Crippen molar-refractivity contribution in [1.29, 1.82) is 0 Å². The van der Waals surface area contributed by atoms with Crippen LogP contribution < -0.4 is 5.73 Å². The van der Waals surface area contributed by atoms with Gasteiger partial charge in [0.05, 0.1) is 2.43 Å². The summed E-state index contributed by atoms with van der Waals surface area (Å²) in [6.45, 7) is 0. The predicted molar refractivity (Wildman–Crippen MR) is 43.2 cm³/mol. The van der Waals surface area contributed by atoms with Crippen LogP contribution in [0.1, 0.15) is 0 Å². The molecule has 6 heavy (non-hydrogen) atoms. The molecule has 0 rings (SSSR count). The molecule has 0 aromatic carbocycles. The van der Waals surface area contributed by atoms with E-state index in [4.69, 9.17) is 4.79 Å². The van der Waals surface area contributed by atoms with E-state index in [1.165, 1.54) is 2.43 Å². The van der Waals surface area contributed by atoms with Gasteiger partial charge in [0.25, 0.3) is 0 Å². The standard InChI is InChI=1S/CH2I2.CH3NO/c2*2-1-3/h1H2;1H,(H2,2,3). The Labute approximate surface area is 64.1 Å². The van der Waals surface area contributed by atoms with Crippen LogP contribution in [0.4, 0.5) is 0 Å².